The second kappa shape index (κ2) is 8.92. The zero-order chi connectivity index (χ0) is 15.9. The van der Waals surface area contributed by atoms with Crippen molar-refractivity contribution in [2.75, 3.05) is 64.7 Å². The monoisotopic (exact) mass is 335 g/mol. The molecule has 1 aromatic rings. The van der Waals surface area contributed by atoms with Crippen LogP contribution in [0.25, 0.3) is 0 Å². The van der Waals surface area contributed by atoms with E-state index in [0.717, 1.165) is 43.4 Å². The summed E-state index contributed by atoms with van der Waals surface area (Å²) in [6.07, 6.45) is 2.76. The second-order valence-corrected chi connectivity index (χ2v) is 8.17. The summed E-state index contributed by atoms with van der Waals surface area (Å²) in [5.74, 6) is 0.748. The lowest BCUT2D eigenvalue weighted by molar-refractivity contribution is 0.127. The Balaban J connectivity index is 1.32. The van der Waals surface area contributed by atoms with Crippen LogP contribution in [0.3, 0.4) is 0 Å². The maximum Gasteiger partial charge on any atom is 0.0542 e. The SMILES string of the molecule is O=[S@@](CCN1CCN(CCN2CCCC2)CC1)c1ccccc1. The fourth-order valence-corrected chi connectivity index (χ4v) is 4.55. The number of benzene rings is 1. The normalized spacial score (nSPS) is 22.4. The van der Waals surface area contributed by atoms with Gasteiger partial charge in [-0.1, -0.05) is 18.2 Å². The van der Waals surface area contributed by atoms with Crippen molar-refractivity contribution < 1.29 is 4.21 Å². The van der Waals surface area contributed by atoms with Gasteiger partial charge in [0.25, 0.3) is 0 Å². The van der Waals surface area contributed by atoms with Crippen LogP contribution in [0, 0.1) is 0 Å². The van der Waals surface area contributed by atoms with Gasteiger partial charge in [-0.3, -0.25) is 14.0 Å². The van der Waals surface area contributed by atoms with Crippen LogP contribution in [0.1, 0.15) is 12.8 Å². The molecule has 3 rings (SSSR count). The molecule has 2 fully saturated rings. The summed E-state index contributed by atoms with van der Waals surface area (Å²) in [6.45, 7) is 10.5. The molecule has 23 heavy (non-hydrogen) atoms. The molecule has 0 spiro atoms. The van der Waals surface area contributed by atoms with E-state index >= 15 is 0 Å². The molecular formula is C18H29N3OS. The first-order valence-corrected chi connectivity index (χ1v) is 10.2. The maximum atomic E-state index is 12.3. The highest BCUT2D eigenvalue weighted by molar-refractivity contribution is 7.85. The highest BCUT2D eigenvalue weighted by Crippen LogP contribution is 2.09. The van der Waals surface area contributed by atoms with Crippen molar-refractivity contribution >= 4 is 10.8 Å². The molecule has 5 heteroatoms. The Hall–Kier alpha value is -0.750. The van der Waals surface area contributed by atoms with Crippen molar-refractivity contribution in [3.8, 4) is 0 Å². The lowest BCUT2D eigenvalue weighted by Crippen LogP contribution is -2.49. The minimum atomic E-state index is -0.861. The first kappa shape index (κ1) is 17.1. The molecule has 0 N–H and O–H groups in total. The minimum Gasteiger partial charge on any atom is -0.302 e. The summed E-state index contributed by atoms with van der Waals surface area (Å²) >= 11 is 0. The molecule has 2 aliphatic rings. The van der Waals surface area contributed by atoms with Crippen LogP contribution >= 0.6 is 0 Å². The fourth-order valence-electron chi connectivity index (χ4n) is 3.43. The molecule has 0 bridgehead atoms. The van der Waals surface area contributed by atoms with Gasteiger partial charge in [-0.15, -0.1) is 0 Å². The number of likely N-dealkylation sites (tertiary alicyclic amines) is 1. The third kappa shape index (κ3) is 5.38. The topological polar surface area (TPSA) is 26.8 Å². The van der Waals surface area contributed by atoms with Gasteiger partial charge in [0.05, 0.1) is 10.8 Å². The van der Waals surface area contributed by atoms with Crippen LogP contribution in [-0.2, 0) is 10.8 Å². The fraction of sp³-hybridized carbons (Fsp3) is 0.667. The van der Waals surface area contributed by atoms with Gasteiger partial charge in [-0.25, -0.2) is 0 Å². The first-order chi connectivity index (χ1) is 11.3. The molecule has 128 valence electrons. The third-order valence-electron chi connectivity index (χ3n) is 5.00. The smallest absolute Gasteiger partial charge is 0.0542 e. The van der Waals surface area contributed by atoms with Crippen LogP contribution in [0.5, 0.6) is 0 Å². The molecule has 0 aromatic heterocycles. The average Bonchev–Trinajstić information content (AvgIpc) is 3.13. The van der Waals surface area contributed by atoms with Gasteiger partial charge in [-0.05, 0) is 38.1 Å². The molecule has 0 radical (unpaired) electrons. The van der Waals surface area contributed by atoms with Crippen LogP contribution in [0.4, 0.5) is 0 Å². The van der Waals surface area contributed by atoms with E-state index in [4.69, 9.17) is 0 Å². The largest absolute Gasteiger partial charge is 0.302 e. The summed E-state index contributed by atoms with van der Waals surface area (Å²) in [4.78, 5) is 8.60. The summed E-state index contributed by atoms with van der Waals surface area (Å²) in [5.41, 5.74) is 0. The summed E-state index contributed by atoms with van der Waals surface area (Å²) in [6, 6.07) is 9.83. The molecule has 2 saturated heterocycles. The Labute approximate surface area is 142 Å². The molecule has 1 atom stereocenters. The van der Waals surface area contributed by atoms with E-state index < -0.39 is 10.8 Å². The Morgan fingerprint density at radius 3 is 1.87 bits per heavy atom. The quantitative estimate of drug-likeness (QED) is 0.755. The molecule has 0 unspecified atom stereocenters. The Morgan fingerprint density at radius 2 is 1.26 bits per heavy atom. The molecule has 0 amide bonds. The van der Waals surface area contributed by atoms with Gasteiger partial charge < -0.3 is 4.90 Å². The molecule has 2 aliphatic heterocycles. The number of piperazine rings is 1. The Morgan fingerprint density at radius 1 is 0.739 bits per heavy atom. The third-order valence-corrected chi connectivity index (χ3v) is 6.35. The Bertz CT molecular complexity index is 482. The molecule has 2 heterocycles. The van der Waals surface area contributed by atoms with E-state index in [1.807, 2.05) is 30.3 Å². The zero-order valence-corrected chi connectivity index (χ0v) is 14.8. The summed E-state index contributed by atoms with van der Waals surface area (Å²) in [7, 11) is -0.861. The van der Waals surface area contributed by atoms with Gasteiger partial charge in [0.2, 0.25) is 0 Å². The highest BCUT2D eigenvalue weighted by Gasteiger charge is 2.19. The average molecular weight is 336 g/mol. The number of hydrogen-bond acceptors (Lipinski definition) is 4. The van der Waals surface area contributed by atoms with E-state index in [0.29, 0.717) is 0 Å². The molecule has 4 nitrogen and oxygen atoms in total. The summed E-state index contributed by atoms with van der Waals surface area (Å²) in [5, 5.41) is 0. The van der Waals surface area contributed by atoms with Crippen LogP contribution in [0.2, 0.25) is 0 Å². The zero-order valence-electron chi connectivity index (χ0n) is 14.0. The van der Waals surface area contributed by atoms with Gasteiger partial charge in [0.1, 0.15) is 0 Å². The molecule has 0 aliphatic carbocycles. The van der Waals surface area contributed by atoms with Gasteiger partial charge in [-0.2, -0.15) is 0 Å². The predicted molar refractivity (Wildman–Crippen MR) is 96.3 cm³/mol. The van der Waals surface area contributed by atoms with Crippen LogP contribution in [0.15, 0.2) is 35.2 Å². The van der Waals surface area contributed by atoms with Crippen LogP contribution < -0.4 is 0 Å². The molecule has 1 aromatic carbocycles. The first-order valence-electron chi connectivity index (χ1n) is 8.92. The predicted octanol–water partition coefficient (Wildman–Crippen LogP) is 1.51. The van der Waals surface area contributed by atoms with Gasteiger partial charge in [0.15, 0.2) is 0 Å². The molecular weight excluding hydrogens is 306 g/mol. The van der Waals surface area contributed by atoms with Crippen molar-refractivity contribution in [3.05, 3.63) is 30.3 Å². The molecule has 0 saturated carbocycles. The van der Waals surface area contributed by atoms with Crippen molar-refractivity contribution in [1.82, 2.24) is 14.7 Å². The van der Waals surface area contributed by atoms with E-state index in [9.17, 15) is 4.21 Å². The van der Waals surface area contributed by atoms with Crippen molar-refractivity contribution in [2.24, 2.45) is 0 Å². The second-order valence-electron chi connectivity index (χ2n) is 6.59. The Kier molecular flexibility index (Phi) is 6.63. The summed E-state index contributed by atoms with van der Waals surface area (Å²) < 4.78 is 12.3. The number of rotatable bonds is 7. The lowest BCUT2D eigenvalue weighted by Gasteiger charge is -2.35. The van der Waals surface area contributed by atoms with Crippen LogP contribution in [-0.4, -0.2) is 83.6 Å². The highest BCUT2D eigenvalue weighted by atomic mass is 32.2. The van der Waals surface area contributed by atoms with Crippen molar-refractivity contribution in [2.45, 2.75) is 17.7 Å². The van der Waals surface area contributed by atoms with E-state index in [-0.39, 0.29) is 0 Å². The van der Waals surface area contributed by atoms with E-state index in [1.54, 1.807) is 0 Å². The van der Waals surface area contributed by atoms with Gasteiger partial charge >= 0.3 is 0 Å². The van der Waals surface area contributed by atoms with E-state index in [2.05, 4.69) is 14.7 Å². The standard InChI is InChI=1S/C18H29N3OS/c22-23(18-6-2-1-3-7-18)17-16-21-14-12-20(13-15-21)11-10-19-8-4-5-9-19/h1-3,6-7H,4-5,8-17H2/t23-/m0/s1. The number of nitrogens with zero attached hydrogens (tertiary/aromatic N) is 3. The maximum absolute atomic E-state index is 12.3. The lowest BCUT2D eigenvalue weighted by atomic mass is 10.3. The van der Waals surface area contributed by atoms with Gasteiger partial charge in [0, 0.05) is 56.5 Å². The van der Waals surface area contributed by atoms with Crippen molar-refractivity contribution in [3.63, 3.8) is 0 Å². The minimum absolute atomic E-state index is 0.748. The van der Waals surface area contributed by atoms with E-state index in [1.165, 1.54) is 39.0 Å². The van der Waals surface area contributed by atoms with Crippen molar-refractivity contribution in [1.29, 1.82) is 0 Å². The number of hydrogen-bond donors (Lipinski definition) is 0.